The third-order valence-corrected chi connectivity index (χ3v) is 5.39. The van der Waals surface area contributed by atoms with E-state index in [4.69, 9.17) is 28.3 Å². The number of aliphatic carboxylic acids is 2. The van der Waals surface area contributed by atoms with Gasteiger partial charge < -0.3 is 10.2 Å². The first kappa shape index (κ1) is 21.8. The Kier molecular flexibility index (Phi) is 5.64. The van der Waals surface area contributed by atoms with Gasteiger partial charge in [-0.15, -0.1) is 0 Å². The smallest absolute Gasteiger partial charge is 0.341 e. The molecule has 0 aliphatic carbocycles. The van der Waals surface area contributed by atoms with Crippen LogP contribution in [0.15, 0.2) is 53.5 Å². The van der Waals surface area contributed by atoms with Crippen LogP contribution in [0.5, 0.6) is 0 Å². The number of fused-ring (bicyclic) bond motifs is 1. The lowest BCUT2D eigenvalue weighted by Crippen LogP contribution is -2.35. The molecule has 2 aromatic carbocycles. The molecule has 0 saturated heterocycles. The first-order valence-electron chi connectivity index (χ1n) is 8.26. The first-order chi connectivity index (χ1) is 13.9. The monoisotopic (exact) mass is 468 g/mol. The lowest BCUT2D eigenvalue weighted by Gasteiger charge is -2.25. The molecular formula is C19H14Cl2N2O6S. The van der Waals surface area contributed by atoms with E-state index in [0.29, 0.717) is 0 Å². The third kappa shape index (κ3) is 4.04. The highest BCUT2D eigenvalue weighted by Crippen LogP contribution is 2.39. The van der Waals surface area contributed by atoms with E-state index < -0.39 is 27.5 Å². The number of sulfonamides is 1. The second kappa shape index (κ2) is 7.75. The molecule has 3 rings (SSSR count). The van der Waals surface area contributed by atoms with E-state index in [2.05, 4.69) is 9.71 Å². The van der Waals surface area contributed by atoms with Gasteiger partial charge in [-0.3, -0.25) is 9.71 Å². The zero-order chi connectivity index (χ0) is 22.3. The van der Waals surface area contributed by atoms with Crippen molar-refractivity contribution in [3.63, 3.8) is 0 Å². The number of halogens is 2. The zero-order valence-corrected chi connectivity index (χ0v) is 17.6. The predicted octanol–water partition coefficient (Wildman–Crippen LogP) is 1.77. The molecule has 0 aromatic heterocycles. The summed E-state index contributed by atoms with van der Waals surface area (Å²) >= 11 is 12.3. The van der Waals surface area contributed by atoms with Crippen molar-refractivity contribution in [2.45, 2.75) is 5.54 Å². The van der Waals surface area contributed by atoms with Crippen LogP contribution in [0.2, 0.25) is 10.0 Å². The molecule has 1 aliphatic rings. The lowest BCUT2D eigenvalue weighted by atomic mass is 9.83. The lowest BCUT2D eigenvalue weighted by molar-refractivity contribution is -0.141. The van der Waals surface area contributed by atoms with Crippen LogP contribution >= 0.6 is 23.2 Å². The number of rotatable bonds is 6. The standard InChI is InChI=1S/C19H14Cl2N2O6S/c1-30(28,29)23-12-4-2-3-10(7-12)19(18(26)27)13(5-6-16(24)25)17-14(21)8-11(20)9-15(17)22-19/h2-9,23H,1H3,(H,24,25)(H,26,27). The Morgan fingerprint density at radius 1 is 1.17 bits per heavy atom. The molecule has 0 bridgehead atoms. The zero-order valence-electron chi connectivity index (χ0n) is 15.3. The Balaban J connectivity index is 2.40. The normalized spacial score (nSPS) is 18.2. The fraction of sp³-hybridized carbons (Fsp3) is 0.105. The highest BCUT2D eigenvalue weighted by Gasteiger charge is 2.46. The Labute approximate surface area is 180 Å². The number of nitrogens with zero attached hydrogens (tertiary/aromatic N) is 1. The van der Waals surface area contributed by atoms with Gasteiger partial charge in [0.05, 0.1) is 16.6 Å². The van der Waals surface area contributed by atoms with E-state index >= 15 is 0 Å². The second-order valence-corrected chi connectivity index (χ2v) is 9.04. The quantitative estimate of drug-likeness (QED) is 0.553. The highest BCUT2D eigenvalue weighted by molar-refractivity contribution is 7.92. The summed E-state index contributed by atoms with van der Waals surface area (Å²) in [6.07, 6.45) is 2.85. The molecule has 11 heteroatoms. The van der Waals surface area contributed by atoms with Crippen molar-refractivity contribution in [1.82, 2.24) is 0 Å². The first-order valence-corrected chi connectivity index (χ1v) is 10.9. The molecule has 1 atom stereocenters. The minimum absolute atomic E-state index is 0.00516. The Morgan fingerprint density at radius 2 is 1.87 bits per heavy atom. The van der Waals surface area contributed by atoms with E-state index in [1.54, 1.807) is 0 Å². The van der Waals surface area contributed by atoms with Crippen molar-refractivity contribution in [3.8, 4) is 0 Å². The summed E-state index contributed by atoms with van der Waals surface area (Å²) in [5.74, 6) is -2.71. The molecular weight excluding hydrogens is 455 g/mol. The fourth-order valence-electron chi connectivity index (χ4n) is 3.22. The molecule has 0 amide bonds. The minimum Gasteiger partial charge on any atom is -0.479 e. The van der Waals surface area contributed by atoms with Gasteiger partial charge in [-0.2, -0.15) is 0 Å². The van der Waals surface area contributed by atoms with Crippen molar-refractivity contribution >= 4 is 56.4 Å². The maximum Gasteiger partial charge on any atom is 0.341 e. The number of hydrogen-bond donors (Lipinski definition) is 3. The Bertz CT molecular complexity index is 1340. The van der Waals surface area contributed by atoms with E-state index in [0.717, 1.165) is 18.4 Å². The minimum atomic E-state index is -3.62. The SMILES string of the molecule is CS(=O)(=O)Nc1cccc(C2(C(=O)O)N=c3cc(Cl)cc(Cl)c3=C2C=CC(=O)O)c1. The van der Waals surface area contributed by atoms with E-state index in [9.17, 15) is 23.1 Å². The van der Waals surface area contributed by atoms with Crippen molar-refractivity contribution in [2.24, 2.45) is 4.99 Å². The van der Waals surface area contributed by atoms with Crippen molar-refractivity contribution in [3.05, 3.63) is 74.7 Å². The fourth-order valence-corrected chi connectivity index (χ4v) is 4.36. The van der Waals surface area contributed by atoms with Gasteiger partial charge in [-0.1, -0.05) is 35.3 Å². The molecule has 2 aromatic rings. The van der Waals surface area contributed by atoms with E-state index in [1.807, 2.05) is 0 Å². The average Bonchev–Trinajstić information content (AvgIpc) is 2.94. The van der Waals surface area contributed by atoms with Crippen LogP contribution in [0.4, 0.5) is 5.69 Å². The molecule has 3 N–H and O–H groups in total. The van der Waals surface area contributed by atoms with Crippen LogP contribution in [0, 0.1) is 0 Å². The van der Waals surface area contributed by atoms with Gasteiger partial charge in [0, 0.05) is 27.6 Å². The third-order valence-electron chi connectivity index (χ3n) is 4.27. The molecule has 0 spiro atoms. The van der Waals surface area contributed by atoms with Gasteiger partial charge in [-0.05, 0) is 35.9 Å². The predicted molar refractivity (Wildman–Crippen MR) is 112 cm³/mol. The summed E-state index contributed by atoms with van der Waals surface area (Å²) in [4.78, 5) is 28.0. The van der Waals surface area contributed by atoms with Crippen molar-refractivity contribution in [1.29, 1.82) is 0 Å². The average molecular weight is 469 g/mol. The Morgan fingerprint density at radius 3 is 2.47 bits per heavy atom. The largest absolute Gasteiger partial charge is 0.479 e. The number of anilines is 1. The van der Waals surface area contributed by atoms with Crippen LogP contribution in [0.1, 0.15) is 5.56 Å². The molecule has 1 aliphatic heterocycles. The topological polar surface area (TPSA) is 133 Å². The molecule has 0 radical (unpaired) electrons. The summed E-state index contributed by atoms with van der Waals surface area (Å²) in [6, 6.07) is 8.47. The number of benzene rings is 2. The van der Waals surface area contributed by atoms with Gasteiger partial charge in [0.2, 0.25) is 15.6 Å². The number of carbonyl (C=O) groups is 2. The van der Waals surface area contributed by atoms with Crippen LogP contribution in [-0.4, -0.2) is 36.8 Å². The molecule has 30 heavy (non-hydrogen) atoms. The van der Waals surface area contributed by atoms with Crippen LogP contribution in [-0.2, 0) is 25.2 Å². The van der Waals surface area contributed by atoms with E-state index in [1.165, 1.54) is 36.4 Å². The summed E-state index contributed by atoms with van der Waals surface area (Å²) in [6.45, 7) is 0. The van der Waals surface area contributed by atoms with Crippen molar-refractivity contribution < 1.29 is 28.2 Å². The summed E-state index contributed by atoms with van der Waals surface area (Å²) in [5, 5.41) is 20.0. The maximum atomic E-state index is 12.5. The number of nitrogens with one attached hydrogen (secondary N) is 1. The number of carboxylic acid groups (broad SMARTS) is 2. The van der Waals surface area contributed by atoms with Gasteiger partial charge in [0.15, 0.2) is 0 Å². The van der Waals surface area contributed by atoms with Crippen molar-refractivity contribution in [2.75, 3.05) is 11.0 Å². The maximum absolute atomic E-state index is 12.5. The van der Waals surface area contributed by atoms with Crippen LogP contribution < -0.4 is 15.3 Å². The molecule has 0 fully saturated rings. The molecule has 156 valence electrons. The molecule has 8 nitrogen and oxygen atoms in total. The molecule has 1 unspecified atom stereocenters. The number of hydrogen-bond acceptors (Lipinski definition) is 5. The molecule has 1 heterocycles. The van der Waals surface area contributed by atoms with Gasteiger partial charge in [0.1, 0.15) is 0 Å². The van der Waals surface area contributed by atoms with Gasteiger partial charge in [0.25, 0.3) is 0 Å². The summed E-state index contributed by atoms with van der Waals surface area (Å²) in [7, 11) is -3.62. The molecule has 0 saturated carbocycles. The van der Waals surface area contributed by atoms with Crippen LogP contribution in [0.3, 0.4) is 0 Å². The van der Waals surface area contributed by atoms with E-state index in [-0.39, 0.29) is 37.4 Å². The summed E-state index contributed by atoms with van der Waals surface area (Å²) < 4.78 is 25.4. The second-order valence-electron chi connectivity index (χ2n) is 6.45. The van der Waals surface area contributed by atoms with Gasteiger partial charge >= 0.3 is 11.9 Å². The number of carboxylic acids is 2. The summed E-state index contributed by atoms with van der Waals surface area (Å²) in [5.41, 5.74) is -1.85. The van der Waals surface area contributed by atoms with Crippen LogP contribution in [0.25, 0.3) is 5.57 Å². The van der Waals surface area contributed by atoms with Gasteiger partial charge in [-0.25, -0.2) is 18.0 Å². The Hall–Kier alpha value is -2.88. The highest BCUT2D eigenvalue weighted by atomic mass is 35.5.